The van der Waals surface area contributed by atoms with E-state index < -0.39 is 0 Å². The molecule has 7 atom stereocenters. The molecule has 5 unspecified atom stereocenters. The molecule has 3 heteroatoms. The van der Waals surface area contributed by atoms with E-state index in [9.17, 15) is 4.79 Å². The highest BCUT2D eigenvalue weighted by molar-refractivity contribution is 5.80. The highest BCUT2D eigenvalue weighted by Gasteiger charge is 2.64. The largest absolute Gasteiger partial charge is 0.348 e. The molecule has 29 heavy (non-hydrogen) atoms. The smallest absolute Gasteiger partial charge is 0.169 e. The van der Waals surface area contributed by atoms with Crippen molar-refractivity contribution in [1.29, 1.82) is 0 Å². The highest BCUT2D eigenvalue weighted by Crippen LogP contribution is 2.71. The lowest BCUT2D eigenvalue weighted by Gasteiger charge is -2.63. The molecule has 0 amide bonds. The molecule has 160 valence electrons. The molecule has 4 aliphatic carbocycles. The van der Waals surface area contributed by atoms with Gasteiger partial charge in [0, 0.05) is 18.8 Å². The number of ketones is 1. The van der Waals surface area contributed by atoms with Gasteiger partial charge in [-0.3, -0.25) is 4.79 Å². The molecule has 1 saturated heterocycles. The maximum absolute atomic E-state index is 12.6. The lowest BCUT2D eigenvalue weighted by molar-refractivity contribution is -0.229. The molecule has 5 rings (SSSR count). The molecule has 3 nitrogen and oxygen atoms in total. The summed E-state index contributed by atoms with van der Waals surface area (Å²) >= 11 is 0. The van der Waals surface area contributed by atoms with Gasteiger partial charge in [0.1, 0.15) is 5.78 Å². The zero-order valence-electron chi connectivity index (χ0n) is 18.8. The number of ether oxygens (including phenoxy) is 2. The van der Waals surface area contributed by atoms with Crippen LogP contribution < -0.4 is 0 Å². The van der Waals surface area contributed by atoms with E-state index in [1.165, 1.54) is 12.8 Å². The Kier molecular flexibility index (Phi) is 4.34. The normalized spacial score (nSPS) is 50.4. The molecule has 5 aliphatic rings. The summed E-state index contributed by atoms with van der Waals surface area (Å²) in [5.74, 6) is 1.74. The van der Waals surface area contributed by atoms with Gasteiger partial charge >= 0.3 is 0 Å². The second kappa shape index (κ2) is 6.29. The molecule has 0 radical (unpaired) electrons. The fourth-order valence-corrected chi connectivity index (χ4v) is 8.70. The van der Waals surface area contributed by atoms with Gasteiger partial charge in [-0.05, 0) is 73.0 Å². The van der Waals surface area contributed by atoms with Crippen LogP contribution in [0.4, 0.5) is 0 Å². The Labute approximate surface area is 176 Å². The van der Waals surface area contributed by atoms with Crippen molar-refractivity contribution in [2.75, 3.05) is 13.2 Å². The fraction of sp³-hybridized carbons (Fsp3) is 0.808. The van der Waals surface area contributed by atoms with Crippen LogP contribution in [-0.2, 0) is 14.3 Å². The summed E-state index contributed by atoms with van der Waals surface area (Å²) in [6.07, 6.45) is 12.5. The van der Waals surface area contributed by atoms with Crippen LogP contribution in [0.3, 0.4) is 0 Å². The molecule has 1 heterocycles. The lowest BCUT2D eigenvalue weighted by atomic mass is 9.43. The first kappa shape index (κ1) is 20.0. The van der Waals surface area contributed by atoms with Crippen LogP contribution in [0.5, 0.6) is 0 Å². The van der Waals surface area contributed by atoms with E-state index in [4.69, 9.17) is 9.47 Å². The van der Waals surface area contributed by atoms with Crippen LogP contribution in [0.1, 0.15) is 72.6 Å². The molecule has 1 spiro atoms. The van der Waals surface area contributed by atoms with Crippen LogP contribution in [0.15, 0.2) is 24.3 Å². The van der Waals surface area contributed by atoms with Gasteiger partial charge in [0.2, 0.25) is 0 Å². The average molecular weight is 399 g/mol. The fourth-order valence-electron chi connectivity index (χ4n) is 8.70. The summed E-state index contributed by atoms with van der Waals surface area (Å²) in [5, 5.41) is 0. The predicted octanol–water partition coefficient (Wildman–Crippen LogP) is 5.70. The van der Waals surface area contributed by atoms with Crippen LogP contribution in [-0.4, -0.2) is 24.8 Å². The molecule has 0 aromatic carbocycles. The second-order valence-electron chi connectivity index (χ2n) is 11.5. The minimum Gasteiger partial charge on any atom is -0.348 e. The van der Waals surface area contributed by atoms with Gasteiger partial charge in [-0.25, -0.2) is 0 Å². The first-order chi connectivity index (χ1) is 13.7. The van der Waals surface area contributed by atoms with E-state index in [0.717, 1.165) is 45.3 Å². The quantitative estimate of drug-likeness (QED) is 0.560. The van der Waals surface area contributed by atoms with E-state index >= 15 is 0 Å². The summed E-state index contributed by atoms with van der Waals surface area (Å²) in [7, 11) is 0. The Morgan fingerprint density at radius 1 is 1.17 bits per heavy atom. The van der Waals surface area contributed by atoms with Crippen molar-refractivity contribution in [3.63, 3.8) is 0 Å². The van der Waals surface area contributed by atoms with Crippen molar-refractivity contribution < 1.29 is 14.3 Å². The van der Waals surface area contributed by atoms with E-state index in [1.807, 2.05) is 0 Å². The van der Waals surface area contributed by atoms with E-state index in [0.29, 0.717) is 23.5 Å². The van der Waals surface area contributed by atoms with Gasteiger partial charge in [0.15, 0.2) is 5.79 Å². The van der Waals surface area contributed by atoms with Crippen molar-refractivity contribution in [2.45, 2.75) is 78.4 Å². The highest BCUT2D eigenvalue weighted by atomic mass is 16.7. The van der Waals surface area contributed by atoms with Crippen LogP contribution in [0.2, 0.25) is 0 Å². The lowest BCUT2D eigenvalue weighted by Crippen LogP contribution is -2.57. The Morgan fingerprint density at radius 3 is 2.55 bits per heavy atom. The minimum absolute atomic E-state index is 0.0938. The number of hydrogen-bond donors (Lipinski definition) is 0. The second-order valence-corrected chi connectivity index (χ2v) is 11.5. The van der Waals surface area contributed by atoms with Gasteiger partial charge in [-0.1, -0.05) is 38.5 Å². The third kappa shape index (κ3) is 2.53. The van der Waals surface area contributed by atoms with Gasteiger partial charge < -0.3 is 9.47 Å². The molecule has 0 aromatic heterocycles. The van der Waals surface area contributed by atoms with Crippen LogP contribution in [0.25, 0.3) is 0 Å². The number of carbonyl (C=O) groups is 1. The van der Waals surface area contributed by atoms with Crippen molar-refractivity contribution in [3.05, 3.63) is 24.3 Å². The van der Waals surface area contributed by atoms with Crippen molar-refractivity contribution >= 4 is 5.78 Å². The molecule has 0 bridgehead atoms. The van der Waals surface area contributed by atoms with Gasteiger partial charge in [0.25, 0.3) is 0 Å². The van der Waals surface area contributed by atoms with Crippen LogP contribution in [0, 0.1) is 39.9 Å². The van der Waals surface area contributed by atoms with Crippen molar-refractivity contribution in [3.8, 4) is 0 Å². The Bertz CT molecular complexity index is 762. The standard InChI is InChI=1S/C26H38O3/c1-6-18-15-21-19-7-9-23(3)16-26(28-13-14-29-26)12-11-25(23,5)20(19)8-10-24(21,4)22(18)17(2)27/h6,8,18-19,21-22H,1,7,9-16H2,2-5H3/t18-,19?,21?,22?,23?,24+,25?/m1/s1. The van der Waals surface area contributed by atoms with E-state index in [-0.39, 0.29) is 27.9 Å². The molecular weight excluding hydrogens is 360 g/mol. The van der Waals surface area contributed by atoms with E-state index in [2.05, 4.69) is 39.5 Å². The monoisotopic (exact) mass is 398 g/mol. The maximum atomic E-state index is 12.6. The van der Waals surface area contributed by atoms with Gasteiger partial charge in [-0.15, -0.1) is 6.58 Å². The zero-order chi connectivity index (χ0) is 20.7. The van der Waals surface area contributed by atoms with Crippen molar-refractivity contribution in [2.24, 2.45) is 39.9 Å². The minimum atomic E-state index is -0.328. The Morgan fingerprint density at radius 2 is 1.90 bits per heavy atom. The summed E-state index contributed by atoms with van der Waals surface area (Å²) < 4.78 is 12.3. The van der Waals surface area contributed by atoms with Gasteiger partial charge in [0.05, 0.1) is 13.2 Å². The number of carbonyl (C=O) groups excluding carboxylic acids is 1. The van der Waals surface area contributed by atoms with E-state index in [1.54, 1.807) is 12.5 Å². The van der Waals surface area contributed by atoms with Crippen molar-refractivity contribution in [1.82, 2.24) is 0 Å². The first-order valence-electron chi connectivity index (χ1n) is 11.8. The summed E-state index contributed by atoms with van der Waals surface area (Å²) in [4.78, 5) is 12.6. The molecular formula is C26H38O3. The molecule has 4 fully saturated rings. The summed E-state index contributed by atoms with van der Waals surface area (Å²) in [5.41, 5.74) is 2.24. The topological polar surface area (TPSA) is 35.5 Å². The summed E-state index contributed by atoms with van der Waals surface area (Å²) in [6, 6.07) is 0. The first-order valence-corrected chi connectivity index (χ1v) is 11.8. The number of fused-ring (bicyclic) bond motifs is 5. The molecule has 0 aromatic rings. The van der Waals surface area contributed by atoms with Crippen LogP contribution >= 0.6 is 0 Å². The Balaban J connectivity index is 1.51. The SMILES string of the molecule is C=C[C@@H]1CC2C3CCC4(C)CC5(CCC4(C)C3=CC[C@]2(C)C1C(C)=O)OCCO5. The Hall–Kier alpha value is -0.930. The average Bonchev–Trinajstić information content (AvgIpc) is 3.24. The number of Topliss-reactive ketones (excluding diaryl/α,β-unsaturated/α-hetero) is 1. The zero-order valence-corrected chi connectivity index (χ0v) is 18.8. The number of rotatable bonds is 2. The third-order valence-corrected chi connectivity index (χ3v) is 10.4. The number of allylic oxidation sites excluding steroid dienone is 3. The predicted molar refractivity (Wildman–Crippen MR) is 114 cm³/mol. The molecule has 3 saturated carbocycles. The number of hydrogen-bond acceptors (Lipinski definition) is 3. The summed E-state index contributed by atoms with van der Waals surface area (Å²) in [6.45, 7) is 14.8. The maximum Gasteiger partial charge on any atom is 0.169 e. The molecule has 1 aliphatic heterocycles. The molecule has 0 N–H and O–H groups in total. The third-order valence-electron chi connectivity index (χ3n) is 10.4. The van der Waals surface area contributed by atoms with Gasteiger partial charge in [-0.2, -0.15) is 0 Å².